The van der Waals surface area contributed by atoms with Crippen LogP contribution >= 0.6 is 0 Å². The number of aromatic nitrogens is 6. The van der Waals surface area contributed by atoms with Gasteiger partial charge in [-0.2, -0.15) is 0 Å². The van der Waals surface area contributed by atoms with Gasteiger partial charge in [0.15, 0.2) is 0 Å². The molecule has 10 heteroatoms. The average Bonchev–Trinajstić information content (AvgIpc) is 3.72. The first-order valence-electron chi connectivity index (χ1n) is 11.8. The van der Waals surface area contributed by atoms with Crippen LogP contribution in [0.2, 0.25) is 0 Å². The van der Waals surface area contributed by atoms with E-state index in [2.05, 4.69) is 15.3 Å². The second-order valence-corrected chi connectivity index (χ2v) is 8.15. The molecule has 6 aromatic rings. The van der Waals surface area contributed by atoms with E-state index in [1.165, 1.54) is 14.5 Å². The van der Waals surface area contributed by atoms with E-state index in [1.54, 1.807) is 18.6 Å². The van der Waals surface area contributed by atoms with Crippen molar-refractivity contribution >= 4 is 7.32 Å². The molecule has 0 saturated heterocycles. The molecule has 0 aliphatic heterocycles. The fourth-order valence-electron chi connectivity index (χ4n) is 3.82. The molecule has 0 fully saturated rings. The first kappa shape index (κ1) is 22.2. The molecule has 0 N–H and O–H groups in total. The van der Waals surface area contributed by atoms with E-state index in [1.807, 2.05) is 109 Å². The largest absolute Gasteiger partial charge is 0.596 e. The van der Waals surface area contributed by atoms with Crippen molar-refractivity contribution in [2.24, 2.45) is 0 Å². The summed E-state index contributed by atoms with van der Waals surface area (Å²) in [5, 5.41) is 13.5. The van der Waals surface area contributed by atoms with Gasteiger partial charge < -0.3 is 14.3 Å². The summed E-state index contributed by atoms with van der Waals surface area (Å²) in [6.45, 7) is 0. The summed E-state index contributed by atoms with van der Waals surface area (Å²) in [5.74, 6) is 0. The fourth-order valence-corrected chi connectivity index (χ4v) is 3.82. The Morgan fingerprint density at radius 1 is 0.405 bits per heavy atom. The smallest absolute Gasteiger partial charge is 0.543 e. The molecule has 3 heterocycles. The van der Waals surface area contributed by atoms with Crippen LogP contribution in [0.4, 0.5) is 0 Å². The second kappa shape index (κ2) is 10.2. The molecule has 3 aromatic heterocycles. The Balaban J connectivity index is 1.24. The maximum atomic E-state index is 5.98. The Morgan fingerprint density at radius 3 is 1.00 bits per heavy atom. The van der Waals surface area contributed by atoms with E-state index < -0.39 is 7.32 Å². The monoisotopic (exact) mass is 489 g/mol. The molecule has 37 heavy (non-hydrogen) atoms. The van der Waals surface area contributed by atoms with Crippen molar-refractivity contribution in [2.75, 3.05) is 0 Å². The van der Waals surface area contributed by atoms with E-state index in [-0.39, 0.29) is 0 Å². The highest BCUT2D eigenvalue weighted by molar-refractivity contribution is 6.37. The van der Waals surface area contributed by atoms with E-state index in [4.69, 9.17) is 14.3 Å². The Labute approximate surface area is 213 Å². The fraction of sp³-hybridized carbons (Fsp3) is 0. The highest BCUT2D eigenvalue weighted by Gasteiger charge is 2.16. The Bertz CT molecular complexity index is 1380. The average molecular weight is 489 g/mol. The summed E-state index contributed by atoms with van der Waals surface area (Å²) >= 11 is 0. The highest BCUT2D eigenvalue weighted by Crippen LogP contribution is 2.17. The Morgan fingerprint density at radius 2 is 0.703 bits per heavy atom. The minimum atomic E-state index is -2.28. The van der Waals surface area contributed by atoms with Crippen LogP contribution < -0.4 is 14.3 Å². The van der Waals surface area contributed by atoms with Gasteiger partial charge >= 0.3 is 7.32 Å². The molecule has 3 aromatic carbocycles. The topological polar surface area (TPSA) is 81.1 Å². The third kappa shape index (κ3) is 5.23. The van der Waals surface area contributed by atoms with Crippen molar-refractivity contribution in [1.29, 1.82) is 0 Å². The van der Waals surface area contributed by atoms with E-state index >= 15 is 0 Å². The van der Waals surface area contributed by atoms with Gasteiger partial charge in [-0.3, -0.25) is 0 Å². The van der Waals surface area contributed by atoms with Crippen molar-refractivity contribution in [3.05, 3.63) is 128 Å². The lowest BCUT2D eigenvalue weighted by molar-refractivity contribution is 0.0406. The number of benzene rings is 3. The minimum Gasteiger partial charge on any atom is -0.543 e. The van der Waals surface area contributed by atoms with Crippen LogP contribution in [0.1, 0.15) is 0 Å². The van der Waals surface area contributed by atoms with Crippen LogP contribution in [0.3, 0.4) is 0 Å². The third-order valence-corrected chi connectivity index (χ3v) is 5.62. The van der Waals surface area contributed by atoms with Crippen molar-refractivity contribution in [3.63, 3.8) is 0 Å². The molecule has 9 nitrogen and oxygen atoms in total. The first-order chi connectivity index (χ1) is 18.3. The minimum absolute atomic E-state index is 0.759. The number of rotatable bonds is 9. The molecule has 182 valence electrons. The molecule has 0 saturated carbocycles. The van der Waals surface area contributed by atoms with E-state index in [0.717, 1.165) is 33.8 Å². The van der Waals surface area contributed by atoms with Crippen LogP contribution in [0.5, 0.6) is 0 Å². The molecule has 0 radical (unpaired) electrons. The SMILES string of the molecule is c1ccc(-c2ccn(O[BH-](On3ccc(-c4ccccc4)n3)On3ccc(-c4ccccc4)n3)n2)cc1. The summed E-state index contributed by atoms with van der Waals surface area (Å²) < 4.78 is 17.9. The maximum Gasteiger partial charge on any atom is 0.596 e. The van der Waals surface area contributed by atoms with Crippen molar-refractivity contribution in [1.82, 2.24) is 29.8 Å². The Hall–Kier alpha value is -5.25. The predicted octanol–water partition coefficient (Wildman–Crippen LogP) is 3.68. The maximum absolute atomic E-state index is 5.98. The molecular weight excluding hydrogens is 467 g/mol. The quantitative estimate of drug-likeness (QED) is 0.289. The summed E-state index contributed by atoms with van der Waals surface area (Å²) in [6, 6.07) is 35.1. The van der Waals surface area contributed by atoms with Gasteiger partial charge in [0.2, 0.25) is 0 Å². The molecule has 0 amide bonds. The van der Waals surface area contributed by atoms with E-state index in [9.17, 15) is 0 Å². The summed E-state index contributed by atoms with van der Waals surface area (Å²) in [4.78, 5) is 3.97. The number of hydrogen-bond acceptors (Lipinski definition) is 6. The van der Waals surface area contributed by atoms with Gasteiger partial charge in [0, 0.05) is 16.7 Å². The van der Waals surface area contributed by atoms with Crippen molar-refractivity contribution in [3.8, 4) is 33.8 Å². The van der Waals surface area contributed by atoms with Gasteiger partial charge in [-0.05, 0) is 18.2 Å². The van der Waals surface area contributed by atoms with Gasteiger partial charge in [0.1, 0.15) is 0 Å². The lowest BCUT2D eigenvalue weighted by Gasteiger charge is -2.27. The van der Waals surface area contributed by atoms with Crippen LogP contribution in [-0.4, -0.2) is 37.2 Å². The lowest BCUT2D eigenvalue weighted by atomic mass is 10.2. The molecule has 0 atom stereocenters. The molecular formula is C27H22BN6O3-. The zero-order valence-electron chi connectivity index (χ0n) is 19.7. The van der Waals surface area contributed by atoms with Crippen molar-refractivity contribution < 1.29 is 14.3 Å². The normalized spacial score (nSPS) is 10.9. The number of hydrogen-bond donors (Lipinski definition) is 0. The predicted molar refractivity (Wildman–Crippen MR) is 140 cm³/mol. The van der Waals surface area contributed by atoms with Crippen molar-refractivity contribution in [2.45, 2.75) is 0 Å². The van der Waals surface area contributed by atoms with Gasteiger partial charge in [0.25, 0.3) is 0 Å². The Kier molecular flexibility index (Phi) is 6.11. The molecule has 0 aliphatic carbocycles. The van der Waals surface area contributed by atoms with Crippen LogP contribution in [-0.2, 0) is 0 Å². The summed E-state index contributed by atoms with van der Waals surface area (Å²) in [5.41, 5.74) is 5.19. The van der Waals surface area contributed by atoms with Gasteiger partial charge in [-0.1, -0.05) is 91.0 Å². The van der Waals surface area contributed by atoms with Crippen LogP contribution in [0.25, 0.3) is 33.8 Å². The van der Waals surface area contributed by atoms with Gasteiger partial charge in [0.05, 0.1) is 35.7 Å². The van der Waals surface area contributed by atoms with Crippen LogP contribution in [0.15, 0.2) is 128 Å². The first-order valence-corrected chi connectivity index (χ1v) is 11.8. The van der Waals surface area contributed by atoms with Crippen LogP contribution in [0, 0.1) is 0 Å². The highest BCUT2D eigenvalue weighted by atomic mass is 16.9. The van der Waals surface area contributed by atoms with Gasteiger partial charge in [-0.15, -0.1) is 29.8 Å². The summed E-state index contributed by atoms with van der Waals surface area (Å²) in [6.07, 6.45) is 5.10. The van der Waals surface area contributed by atoms with E-state index in [0.29, 0.717) is 0 Å². The molecule has 0 spiro atoms. The number of nitrogens with zero attached hydrogens (tertiary/aromatic N) is 6. The second-order valence-electron chi connectivity index (χ2n) is 8.15. The zero-order chi connectivity index (χ0) is 24.9. The van der Waals surface area contributed by atoms with Gasteiger partial charge in [-0.25, -0.2) is 0 Å². The zero-order valence-corrected chi connectivity index (χ0v) is 19.7. The standard InChI is InChI=1S/C27H22BN6O3/c1-4-10-22(11-5-1)25-16-19-32(29-25)35-28(36-33-20-17-26(30-33)23-12-6-2-7-13-23)37-34-21-18-27(31-34)24-14-8-3-9-15-24/h1-21,28H/q-1. The molecule has 6 rings (SSSR count). The lowest BCUT2D eigenvalue weighted by Crippen LogP contribution is -2.49. The summed E-state index contributed by atoms with van der Waals surface area (Å²) in [7, 11) is -2.28. The molecule has 0 unspecified atom stereocenters. The molecule has 0 aliphatic rings. The molecule has 0 bridgehead atoms. The third-order valence-electron chi connectivity index (χ3n) is 5.62.